The van der Waals surface area contributed by atoms with Gasteiger partial charge in [-0.05, 0) is 0 Å². The minimum atomic E-state index is -0.954. The molecule has 15 heavy (non-hydrogen) atoms. The van der Waals surface area contributed by atoms with Gasteiger partial charge in [0.25, 0.3) is 0 Å². The van der Waals surface area contributed by atoms with Crippen LogP contribution >= 0.6 is 23.2 Å². The monoisotopic (exact) mass is 256 g/mol. The van der Waals surface area contributed by atoms with Crippen LogP contribution in [0.25, 0.3) is 0 Å². The Morgan fingerprint density at radius 2 is 1.60 bits per heavy atom. The van der Waals surface area contributed by atoms with Crippen molar-refractivity contribution < 1.29 is 18.6 Å². The van der Waals surface area contributed by atoms with Crippen molar-refractivity contribution in [2.75, 3.05) is 7.11 Å². The van der Waals surface area contributed by atoms with Crippen molar-refractivity contribution in [3.05, 3.63) is 32.8 Å². The highest BCUT2D eigenvalue weighted by atomic mass is 35.5. The standard InChI is InChI=1S/C9H8Cl2F2O2/c1-15-3-5-8(12)6(10)4(2-14)7(11)9(5)13/h14H,2-3H2,1H3. The largest absolute Gasteiger partial charge is 0.392 e. The molecule has 0 radical (unpaired) electrons. The molecule has 84 valence electrons. The number of hydrogen-bond acceptors (Lipinski definition) is 2. The summed E-state index contributed by atoms with van der Waals surface area (Å²) < 4.78 is 31.5. The van der Waals surface area contributed by atoms with Crippen LogP contribution in [0.2, 0.25) is 10.0 Å². The minimum Gasteiger partial charge on any atom is -0.392 e. The lowest BCUT2D eigenvalue weighted by Gasteiger charge is -2.11. The third-order valence-electron chi connectivity index (χ3n) is 1.89. The molecule has 0 heterocycles. The number of aliphatic hydroxyl groups excluding tert-OH is 1. The second-order valence-electron chi connectivity index (χ2n) is 2.80. The summed E-state index contributed by atoms with van der Waals surface area (Å²) in [5, 5.41) is 8.08. The van der Waals surface area contributed by atoms with E-state index in [0.717, 1.165) is 0 Å². The van der Waals surface area contributed by atoms with Crippen LogP contribution in [0.15, 0.2) is 0 Å². The summed E-state index contributed by atoms with van der Waals surface area (Å²) in [6, 6.07) is 0. The highest BCUT2D eigenvalue weighted by Crippen LogP contribution is 2.33. The molecule has 0 atom stereocenters. The Kier molecular flexibility index (Phi) is 4.28. The lowest BCUT2D eigenvalue weighted by Crippen LogP contribution is -2.03. The van der Waals surface area contributed by atoms with Gasteiger partial charge < -0.3 is 9.84 Å². The predicted octanol–water partition coefficient (Wildman–Crippen LogP) is 2.91. The van der Waals surface area contributed by atoms with Crippen LogP contribution in [0.1, 0.15) is 11.1 Å². The van der Waals surface area contributed by atoms with Crippen LogP contribution in [-0.4, -0.2) is 12.2 Å². The molecule has 0 aliphatic carbocycles. The first-order chi connectivity index (χ1) is 7.04. The number of hydrogen-bond donors (Lipinski definition) is 1. The van der Waals surface area contributed by atoms with Gasteiger partial charge in [-0.1, -0.05) is 23.2 Å². The van der Waals surface area contributed by atoms with Crippen molar-refractivity contribution in [2.45, 2.75) is 13.2 Å². The lowest BCUT2D eigenvalue weighted by atomic mass is 10.1. The molecule has 0 aliphatic rings. The molecule has 0 spiro atoms. The quantitative estimate of drug-likeness (QED) is 0.843. The van der Waals surface area contributed by atoms with Crippen LogP contribution in [-0.2, 0) is 18.0 Å². The molecule has 0 amide bonds. The van der Waals surface area contributed by atoms with E-state index in [1.165, 1.54) is 7.11 Å². The van der Waals surface area contributed by atoms with Crippen molar-refractivity contribution in [2.24, 2.45) is 0 Å². The van der Waals surface area contributed by atoms with Crippen LogP contribution < -0.4 is 0 Å². The number of halogens is 4. The van der Waals surface area contributed by atoms with E-state index >= 15 is 0 Å². The number of aliphatic hydroxyl groups is 1. The zero-order chi connectivity index (χ0) is 11.6. The van der Waals surface area contributed by atoms with Crippen molar-refractivity contribution in [3.8, 4) is 0 Å². The van der Waals surface area contributed by atoms with Crippen LogP contribution in [0, 0.1) is 11.6 Å². The van der Waals surface area contributed by atoms with Gasteiger partial charge in [0.2, 0.25) is 0 Å². The maximum absolute atomic E-state index is 13.5. The first kappa shape index (κ1) is 12.6. The molecule has 1 rings (SSSR count). The van der Waals surface area contributed by atoms with Gasteiger partial charge in [-0.2, -0.15) is 0 Å². The predicted molar refractivity (Wildman–Crippen MR) is 53.0 cm³/mol. The molecular weight excluding hydrogens is 249 g/mol. The number of methoxy groups -OCH3 is 1. The fraction of sp³-hybridized carbons (Fsp3) is 0.333. The Morgan fingerprint density at radius 1 is 1.13 bits per heavy atom. The van der Waals surface area contributed by atoms with Gasteiger partial charge in [0, 0.05) is 12.7 Å². The van der Waals surface area contributed by atoms with Crippen molar-refractivity contribution in [3.63, 3.8) is 0 Å². The molecule has 0 unspecified atom stereocenters. The van der Waals surface area contributed by atoms with E-state index in [-0.39, 0.29) is 27.8 Å². The van der Waals surface area contributed by atoms with Gasteiger partial charge in [0.15, 0.2) is 11.6 Å². The van der Waals surface area contributed by atoms with E-state index in [1.54, 1.807) is 0 Å². The Labute approximate surface area is 95.4 Å². The fourth-order valence-electron chi connectivity index (χ4n) is 1.13. The summed E-state index contributed by atoms with van der Waals surface area (Å²) >= 11 is 11.1. The Bertz CT molecular complexity index is 354. The van der Waals surface area contributed by atoms with Gasteiger partial charge in [-0.3, -0.25) is 0 Å². The summed E-state index contributed by atoms with van der Waals surface area (Å²) in [5.41, 5.74) is -0.502. The third-order valence-corrected chi connectivity index (χ3v) is 2.68. The van der Waals surface area contributed by atoms with Gasteiger partial charge >= 0.3 is 0 Å². The Hall–Kier alpha value is -0.420. The molecule has 0 aliphatic heterocycles. The summed E-state index contributed by atoms with van der Waals surface area (Å²) in [5.74, 6) is -1.91. The van der Waals surface area contributed by atoms with Crippen LogP contribution in [0.4, 0.5) is 8.78 Å². The third kappa shape index (κ3) is 2.23. The van der Waals surface area contributed by atoms with Gasteiger partial charge in [0.1, 0.15) is 0 Å². The zero-order valence-electron chi connectivity index (χ0n) is 7.78. The average molecular weight is 257 g/mol. The highest BCUT2D eigenvalue weighted by Gasteiger charge is 2.21. The zero-order valence-corrected chi connectivity index (χ0v) is 9.29. The molecule has 0 aromatic heterocycles. The first-order valence-corrected chi connectivity index (χ1v) is 4.73. The summed E-state index contributed by atoms with van der Waals surface area (Å²) in [6.45, 7) is -0.901. The minimum absolute atomic E-state index is 0.159. The van der Waals surface area contributed by atoms with Crippen molar-refractivity contribution in [1.29, 1.82) is 0 Å². The maximum atomic E-state index is 13.5. The van der Waals surface area contributed by atoms with Crippen molar-refractivity contribution >= 4 is 23.2 Å². The van der Waals surface area contributed by atoms with E-state index in [2.05, 4.69) is 4.74 Å². The summed E-state index contributed by atoms with van der Waals surface area (Å²) in [7, 11) is 1.29. The Balaban J connectivity index is 3.44. The number of benzene rings is 1. The molecular formula is C9H8Cl2F2O2. The van der Waals surface area contributed by atoms with Gasteiger partial charge in [-0.25, -0.2) is 8.78 Å². The number of rotatable bonds is 3. The van der Waals surface area contributed by atoms with Gasteiger partial charge in [0.05, 0.1) is 28.8 Å². The van der Waals surface area contributed by atoms with Crippen LogP contribution in [0.5, 0.6) is 0 Å². The molecule has 6 heteroatoms. The van der Waals surface area contributed by atoms with E-state index in [0.29, 0.717) is 0 Å². The smallest absolute Gasteiger partial charge is 0.150 e. The van der Waals surface area contributed by atoms with E-state index in [1.807, 2.05) is 0 Å². The van der Waals surface area contributed by atoms with E-state index < -0.39 is 18.2 Å². The number of ether oxygens (including phenoxy) is 1. The average Bonchev–Trinajstić information content (AvgIpc) is 2.23. The Morgan fingerprint density at radius 3 is 1.93 bits per heavy atom. The molecule has 1 aromatic carbocycles. The van der Waals surface area contributed by atoms with E-state index in [4.69, 9.17) is 28.3 Å². The SMILES string of the molecule is COCc1c(F)c(Cl)c(CO)c(Cl)c1F. The first-order valence-electron chi connectivity index (χ1n) is 3.98. The molecule has 1 N–H and O–H groups in total. The maximum Gasteiger partial charge on any atom is 0.150 e. The van der Waals surface area contributed by atoms with Crippen LogP contribution in [0.3, 0.4) is 0 Å². The topological polar surface area (TPSA) is 29.5 Å². The molecule has 2 nitrogen and oxygen atoms in total. The lowest BCUT2D eigenvalue weighted by molar-refractivity contribution is 0.177. The fourth-order valence-corrected chi connectivity index (χ4v) is 1.72. The second-order valence-corrected chi connectivity index (χ2v) is 3.56. The molecule has 0 bridgehead atoms. The summed E-state index contributed by atoms with van der Waals surface area (Å²) in [4.78, 5) is 0. The molecule has 0 saturated heterocycles. The second kappa shape index (κ2) is 5.07. The van der Waals surface area contributed by atoms with Gasteiger partial charge in [-0.15, -0.1) is 0 Å². The van der Waals surface area contributed by atoms with E-state index in [9.17, 15) is 8.78 Å². The summed E-state index contributed by atoms with van der Waals surface area (Å²) in [6.07, 6.45) is 0. The highest BCUT2D eigenvalue weighted by molar-refractivity contribution is 6.36. The molecule has 0 fully saturated rings. The molecule has 1 aromatic rings. The molecule has 0 saturated carbocycles. The van der Waals surface area contributed by atoms with Crippen molar-refractivity contribution in [1.82, 2.24) is 0 Å². The normalized spacial score (nSPS) is 10.8.